The van der Waals surface area contributed by atoms with Crippen molar-refractivity contribution in [1.82, 2.24) is 25.0 Å². The maximum absolute atomic E-state index is 12.2. The summed E-state index contributed by atoms with van der Waals surface area (Å²) in [4.78, 5) is 12.2. The van der Waals surface area contributed by atoms with Gasteiger partial charge in [0.25, 0.3) is 0 Å². The molecule has 1 fully saturated rings. The first-order valence-corrected chi connectivity index (χ1v) is 10.8. The first-order chi connectivity index (χ1) is 14.1. The summed E-state index contributed by atoms with van der Waals surface area (Å²) in [5.74, 6) is 2.52. The first kappa shape index (κ1) is 19.6. The summed E-state index contributed by atoms with van der Waals surface area (Å²) in [5.41, 5.74) is 0.843. The molecule has 152 valence electrons. The number of ether oxygens (including phenoxy) is 2. The number of carbonyl (C=O) groups excluding carboxylic acids is 1. The summed E-state index contributed by atoms with van der Waals surface area (Å²) < 4.78 is 12.5. The van der Waals surface area contributed by atoms with Crippen LogP contribution in [-0.2, 0) is 11.8 Å². The number of benzene rings is 1. The zero-order valence-corrected chi connectivity index (χ0v) is 17.8. The predicted molar refractivity (Wildman–Crippen MR) is 111 cm³/mol. The Hall–Kier alpha value is -2.66. The van der Waals surface area contributed by atoms with Crippen molar-refractivity contribution >= 4 is 34.1 Å². The van der Waals surface area contributed by atoms with Crippen LogP contribution in [0.4, 0.5) is 5.13 Å². The average molecular weight is 433 g/mol. The Morgan fingerprint density at radius 1 is 1.21 bits per heavy atom. The average Bonchev–Trinajstić information content (AvgIpc) is 3.38. The van der Waals surface area contributed by atoms with Gasteiger partial charge < -0.3 is 14.0 Å². The minimum atomic E-state index is -0.149. The number of thioether (sulfide) groups is 1. The van der Waals surface area contributed by atoms with Crippen molar-refractivity contribution in [3.8, 4) is 22.9 Å². The van der Waals surface area contributed by atoms with E-state index in [4.69, 9.17) is 9.47 Å². The van der Waals surface area contributed by atoms with Crippen LogP contribution in [0, 0.1) is 0 Å². The number of carbonyl (C=O) groups is 1. The van der Waals surface area contributed by atoms with E-state index in [-0.39, 0.29) is 11.7 Å². The second-order valence-corrected chi connectivity index (χ2v) is 8.44. The van der Waals surface area contributed by atoms with E-state index in [0.717, 1.165) is 23.4 Å². The Morgan fingerprint density at radius 3 is 2.72 bits per heavy atom. The molecule has 1 aliphatic carbocycles. The molecule has 1 N–H and O–H groups in total. The van der Waals surface area contributed by atoms with Crippen molar-refractivity contribution in [3.05, 3.63) is 23.2 Å². The number of aromatic nitrogens is 5. The Morgan fingerprint density at radius 2 is 2.00 bits per heavy atom. The fraction of sp³-hybridized carbons (Fsp3) is 0.389. The number of hydrogen-bond donors (Lipinski definition) is 1. The molecule has 1 aromatic carbocycles. The summed E-state index contributed by atoms with van der Waals surface area (Å²) in [7, 11) is 5.04. The molecule has 2 heterocycles. The number of anilines is 1. The highest BCUT2D eigenvalue weighted by Gasteiger charge is 2.27. The van der Waals surface area contributed by atoms with Gasteiger partial charge in [-0.3, -0.25) is 10.1 Å². The van der Waals surface area contributed by atoms with Crippen LogP contribution in [0.5, 0.6) is 11.5 Å². The van der Waals surface area contributed by atoms with Gasteiger partial charge >= 0.3 is 0 Å². The molecule has 3 aromatic rings. The molecule has 29 heavy (non-hydrogen) atoms. The molecule has 9 nitrogen and oxygen atoms in total. The van der Waals surface area contributed by atoms with Crippen LogP contribution in [-0.4, -0.2) is 50.8 Å². The van der Waals surface area contributed by atoms with Crippen LogP contribution in [0.1, 0.15) is 23.8 Å². The largest absolute Gasteiger partial charge is 0.493 e. The molecule has 0 saturated heterocycles. The van der Waals surface area contributed by atoms with Gasteiger partial charge in [-0.25, -0.2) is 0 Å². The maximum atomic E-state index is 12.2. The molecule has 4 rings (SSSR count). The molecule has 0 atom stereocenters. The van der Waals surface area contributed by atoms with Gasteiger partial charge in [-0.1, -0.05) is 23.1 Å². The Balaban J connectivity index is 1.39. The van der Waals surface area contributed by atoms with Crippen LogP contribution in [0.15, 0.2) is 23.4 Å². The van der Waals surface area contributed by atoms with Crippen molar-refractivity contribution in [3.63, 3.8) is 0 Å². The minimum absolute atomic E-state index is 0.149. The van der Waals surface area contributed by atoms with Gasteiger partial charge in [0.2, 0.25) is 11.0 Å². The third-order valence-corrected chi connectivity index (χ3v) is 6.44. The summed E-state index contributed by atoms with van der Waals surface area (Å²) in [6.45, 7) is 0. The second-order valence-electron chi connectivity index (χ2n) is 6.49. The highest BCUT2D eigenvalue weighted by atomic mass is 32.2. The molecule has 1 saturated carbocycles. The number of amides is 1. The molecule has 11 heteroatoms. The smallest absolute Gasteiger partial charge is 0.236 e. The SMILES string of the molecule is COc1ccc(-c2nnc(SCC(=O)Nc3nnc(C4CC4)s3)n2C)cc1OC. The molecule has 0 aliphatic heterocycles. The van der Waals surface area contributed by atoms with Crippen molar-refractivity contribution in [2.45, 2.75) is 23.9 Å². The van der Waals surface area contributed by atoms with Gasteiger partial charge in [-0.05, 0) is 31.0 Å². The van der Waals surface area contributed by atoms with E-state index < -0.39 is 0 Å². The quantitative estimate of drug-likeness (QED) is 0.542. The van der Waals surface area contributed by atoms with Crippen LogP contribution in [0.2, 0.25) is 0 Å². The van der Waals surface area contributed by atoms with E-state index >= 15 is 0 Å². The zero-order chi connectivity index (χ0) is 20.4. The Kier molecular flexibility index (Phi) is 5.67. The number of methoxy groups -OCH3 is 2. The van der Waals surface area contributed by atoms with E-state index in [1.165, 1.54) is 23.1 Å². The lowest BCUT2D eigenvalue weighted by Crippen LogP contribution is -2.14. The summed E-state index contributed by atoms with van der Waals surface area (Å²) in [6, 6.07) is 5.55. The summed E-state index contributed by atoms with van der Waals surface area (Å²) in [6.07, 6.45) is 2.32. The van der Waals surface area contributed by atoms with Gasteiger partial charge in [0.15, 0.2) is 22.5 Å². The summed E-state index contributed by atoms with van der Waals surface area (Å²) in [5, 5.41) is 21.6. The number of rotatable bonds is 8. The third kappa shape index (κ3) is 4.35. The van der Waals surface area contributed by atoms with Gasteiger partial charge in [0.1, 0.15) is 5.01 Å². The van der Waals surface area contributed by atoms with Crippen LogP contribution in [0.3, 0.4) is 0 Å². The van der Waals surface area contributed by atoms with Gasteiger partial charge in [0.05, 0.1) is 20.0 Å². The maximum Gasteiger partial charge on any atom is 0.236 e. The molecule has 1 aliphatic rings. The predicted octanol–water partition coefficient (Wildman–Crippen LogP) is 2.96. The molecule has 0 bridgehead atoms. The lowest BCUT2D eigenvalue weighted by Gasteiger charge is -2.09. The topological polar surface area (TPSA) is 104 Å². The lowest BCUT2D eigenvalue weighted by molar-refractivity contribution is -0.113. The fourth-order valence-electron chi connectivity index (χ4n) is 2.73. The second kappa shape index (κ2) is 8.37. The lowest BCUT2D eigenvalue weighted by atomic mass is 10.2. The van der Waals surface area contributed by atoms with E-state index in [1.807, 2.05) is 29.8 Å². The van der Waals surface area contributed by atoms with Gasteiger partial charge in [-0.15, -0.1) is 20.4 Å². The normalized spacial score (nSPS) is 13.3. The fourth-order valence-corrected chi connectivity index (χ4v) is 4.37. The monoisotopic (exact) mass is 432 g/mol. The Labute approximate surface area is 175 Å². The van der Waals surface area contributed by atoms with Crippen molar-refractivity contribution in [2.24, 2.45) is 7.05 Å². The minimum Gasteiger partial charge on any atom is -0.493 e. The van der Waals surface area contributed by atoms with Crippen molar-refractivity contribution in [2.75, 3.05) is 25.3 Å². The van der Waals surface area contributed by atoms with Crippen LogP contribution < -0.4 is 14.8 Å². The molecular formula is C18H20N6O3S2. The first-order valence-electron chi connectivity index (χ1n) is 8.97. The Bertz CT molecular complexity index is 1030. The molecule has 0 unspecified atom stereocenters. The molecule has 0 radical (unpaired) electrons. The number of nitrogens with zero attached hydrogens (tertiary/aromatic N) is 5. The van der Waals surface area contributed by atoms with E-state index in [2.05, 4.69) is 25.7 Å². The highest BCUT2D eigenvalue weighted by Crippen LogP contribution is 2.42. The van der Waals surface area contributed by atoms with Crippen LogP contribution >= 0.6 is 23.1 Å². The zero-order valence-electron chi connectivity index (χ0n) is 16.2. The summed E-state index contributed by atoms with van der Waals surface area (Å²) >= 11 is 2.76. The standard InChI is InChI=1S/C18H20N6O3S2/c1-24-15(11-6-7-12(26-2)13(8-11)27-3)20-23-18(24)28-9-14(25)19-17-22-21-16(29-17)10-4-5-10/h6-8,10H,4-5,9H2,1-3H3,(H,19,22,25). The number of nitrogens with one attached hydrogen (secondary N) is 1. The molecule has 0 spiro atoms. The van der Waals surface area contributed by atoms with E-state index in [1.54, 1.807) is 14.2 Å². The van der Waals surface area contributed by atoms with Gasteiger partial charge in [0, 0.05) is 18.5 Å². The highest BCUT2D eigenvalue weighted by molar-refractivity contribution is 7.99. The van der Waals surface area contributed by atoms with Gasteiger partial charge in [-0.2, -0.15) is 0 Å². The molecule has 1 amide bonds. The van der Waals surface area contributed by atoms with E-state index in [9.17, 15) is 4.79 Å². The molecular weight excluding hydrogens is 412 g/mol. The third-order valence-electron chi connectivity index (χ3n) is 4.42. The number of hydrogen-bond acceptors (Lipinski definition) is 9. The molecule has 2 aromatic heterocycles. The van der Waals surface area contributed by atoms with Crippen molar-refractivity contribution < 1.29 is 14.3 Å². The van der Waals surface area contributed by atoms with Crippen molar-refractivity contribution in [1.29, 1.82) is 0 Å². The van der Waals surface area contributed by atoms with Crippen LogP contribution in [0.25, 0.3) is 11.4 Å². The van der Waals surface area contributed by atoms with E-state index in [0.29, 0.717) is 33.5 Å².